The van der Waals surface area contributed by atoms with Crippen LogP contribution in [-0.2, 0) is 0 Å². The van der Waals surface area contributed by atoms with Gasteiger partial charge in [-0.2, -0.15) is 0 Å². The molecule has 74 valence electrons. The zero-order valence-corrected chi connectivity index (χ0v) is 9.00. The minimum Gasteiger partial charge on any atom is -0.0854 e. The number of hydrogen-bond acceptors (Lipinski definition) is 0. The van der Waals surface area contributed by atoms with Crippen LogP contribution < -0.4 is 0 Å². The third-order valence-corrected chi connectivity index (χ3v) is 3.97. The number of allylic oxidation sites excluding steroid dienone is 2. The van der Waals surface area contributed by atoms with Gasteiger partial charge in [0.2, 0.25) is 0 Å². The highest BCUT2D eigenvalue weighted by atomic mass is 14.3. The van der Waals surface area contributed by atoms with Gasteiger partial charge < -0.3 is 0 Å². The molecule has 0 heteroatoms. The predicted octanol–water partition coefficient (Wildman–Crippen LogP) is 4.02. The van der Waals surface area contributed by atoms with Gasteiger partial charge in [0.15, 0.2) is 0 Å². The summed E-state index contributed by atoms with van der Waals surface area (Å²) in [6, 6.07) is 0. The highest BCUT2D eigenvalue weighted by molar-refractivity contribution is 5.00. The molecule has 0 saturated heterocycles. The van der Waals surface area contributed by atoms with E-state index < -0.39 is 0 Å². The summed E-state index contributed by atoms with van der Waals surface area (Å²) in [5.74, 6) is 3.75. The Labute approximate surface area is 82.4 Å². The van der Waals surface area contributed by atoms with Crippen LogP contribution in [0.25, 0.3) is 0 Å². The lowest BCUT2D eigenvalue weighted by atomic mass is 9.71. The lowest BCUT2D eigenvalue weighted by molar-refractivity contribution is 0.200. The molecule has 2 rings (SSSR count). The standard InChI is InChI=1S/C13H22/c1-10-3-5-12-7-8-13(12)6-4-11(2)9-10/h3,5,10-13H,4,6-9H2,1-2H3. The molecule has 0 radical (unpaired) electrons. The first kappa shape index (κ1) is 9.30. The lowest BCUT2D eigenvalue weighted by Crippen LogP contribution is -2.23. The molecule has 4 unspecified atom stereocenters. The summed E-state index contributed by atoms with van der Waals surface area (Å²) in [6.45, 7) is 4.79. The largest absolute Gasteiger partial charge is 0.0854 e. The van der Waals surface area contributed by atoms with Gasteiger partial charge >= 0.3 is 0 Å². The van der Waals surface area contributed by atoms with Crippen molar-refractivity contribution < 1.29 is 0 Å². The van der Waals surface area contributed by atoms with Crippen LogP contribution in [0.4, 0.5) is 0 Å². The van der Waals surface area contributed by atoms with Gasteiger partial charge in [-0.1, -0.05) is 32.4 Å². The summed E-state index contributed by atoms with van der Waals surface area (Å²) in [7, 11) is 0. The molecule has 0 aliphatic heterocycles. The summed E-state index contributed by atoms with van der Waals surface area (Å²) >= 11 is 0. The SMILES string of the molecule is CC1C=CC2CCC2CCC(C)C1. The summed E-state index contributed by atoms with van der Waals surface area (Å²) in [6.07, 6.45) is 12.3. The second-order valence-electron chi connectivity index (χ2n) is 5.28. The molecule has 4 atom stereocenters. The van der Waals surface area contributed by atoms with Crippen LogP contribution >= 0.6 is 0 Å². The maximum atomic E-state index is 2.51. The van der Waals surface area contributed by atoms with Crippen molar-refractivity contribution in [1.82, 2.24) is 0 Å². The molecule has 0 nitrogen and oxygen atoms in total. The molecule has 1 fully saturated rings. The fraction of sp³-hybridized carbons (Fsp3) is 0.846. The van der Waals surface area contributed by atoms with Crippen LogP contribution in [-0.4, -0.2) is 0 Å². The van der Waals surface area contributed by atoms with E-state index in [1.54, 1.807) is 0 Å². The minimum atomic E-state index is 0.814. The first-order valence-corrected chi connectivity index (χ1v) is 5.94. The highest BCUT2D eigenvalue weighted by Gasteiger charge is 2.29. The van der Waals surface area contributed by atoms with Gasteiger partial charge in [-0.3, -0.25) is 0 Å². The molecule has 1 saturated carbocycles. The predicted molar refractivity (Wildman–Crippen MR) is 57.5 cm³/mol. The van der Waals surface area contributed by atoms with Crippen LogP contribution in [0.3, 0.4) is 0 Å². The Morgan fingerprint density at radius 2 is 1.69 bits per heavy atom. The summed E-state index contributed by atoms with van der Waals surface area (Å²) in [5, 5.41) is 0. The fourth-order valence-corrected chi connectivity index (χ4v) is 2.87. The van der Waals surface area contributed by atoms with E-state index in [1.165, 1.54) is 32.1 Å². The van der Waals surface area contributed by atoms with Crippen molar-refractivity contribution in [3.63, 3.8) is 0 Å². The average molecular weight is 178 g/mol. The van der Waals surface area contributed by atoms with E-state index in [0.29, 0.717) is 0 Å². The molecule has 13 heavy (non-hydrogen) atoms. The molecule has 0 amide bonds. The Bertz CT molecular complexity index is 192. The Kier molecular flexibility index (Phi) is 2.76. The first-order valence-electron chi connectivity index (χ1n) is 5.94. The second kappa shape index (κ2) is 3.86. The van der Waals surface area contributed by atoms with Crippen molar-refractivity contribution in [3.8, 4) is 0 Å². The summed E-state index contributed by atoms with van der Waals surface area (Å²) in [5.41, 5.74) is 0. The first-order chi connectivity index (χ1) is 6.25. The summed E-state index contributed by atoms with van der Waals surface area (Å²) in [4.78, 5) is 0. The Morgan fingerprint density at radius 1 is 0.923 bits per heavy atom. The van der Waals surface area contributed by atoms with E-state index in [9.17, 15) is 0 Å². The fourth-order valence-electron chi connectivity index (χ4n) is 2.87. The van der Waals surface area contributed by atoms with Crippen LogP contribution in [0, 0.1) is 23.7 Å². The van der Waals surface area contributed by atoms with Crippen LogP contribution in [0.15, 0.2) is 12.2 Å². The van der Waals surface area contributed by atoms with Crippen LogP contribution in [0.2, 0.25) is 0 Å². The van der Waals surface area contributed by atoms with Gasteiger partial charge in [-0.05, 0) is 49.4 Å². The molecule has 0 aromatic carbocycles. The Morgan fingerprint density at radius 3 is 2.38 bits per heavy atom. The van der Waals surface area contributed by atoms with E-state index in [0.717, 1.165) is 23.7 Å². The molecule has 0 spiro atoms. The molecule has 0 aromatic heterocycles. The minimum absolute atomic E-state index is 0.814. The van der Waals surface area contributed by atoms with Crippen molar-refractivity contribution in [2.75, 3.05) is 0 Å². The van der Waals surface area contributed by atoms with Gasteiger partial charge in [0.25, 0.3) is 0 Å². The third kappa shape index (κ3) is 2.15. The van der Waals surface area contributed by atoms with Crippen molar-refractivity contribution >= 4 is 0 Å². The summed E-state index contributed by atoms with van der Waals surface area (Å²) < 4.78 is 0. The molecular weight excluding hydrogens is 156 g/mol. The maximum Gasteiger partial charge on any atom is -0.0205 e. The number of hydrogen-bond donors (Lipinski definition) is 0. The number of rotatable bonds is 0. The molecular formula is C13H22. The average Bonchev–Trinajstić information content (AvgIpc) is 2.04. The van der Waals surface area contributed by atoms with E-state index in [4.69, 9.17) is 0 Å². The third-order valence-electron chi connectivity index (χ3n) is 3.97. The van der Waals surface area contributed by atoms with Crippen LogP contribution in [0.1, 0.15) is 46.0 Å². The molecule has 0 bridgehead atoms. The van der Waals surface area contributed by atoms with E-state index in [-0.39, 0.29) is 0 Å². The van der Waals surface area contributed by atoms with Gasteiger partial charge in [-0.25, -0.2) is 0 Å². The van der Waals surface area contributed by atoms with Gasteiger partial charge in [-0.15, -0.1) is 0 Å². The van der Waals surface area contributed by atoms with Crippen molar-refractivity contribution in [1.29, 1.82) is 0 Å². The van der Waals surface area contributed by atoms with E-state index in [1.807, 2.05) is 0 Å². The molecule has 0 aromatic rings. The van der Waals surface area contributed by atoms with Crippen molar-refractivity contribution in [3.05, 3.63) is 12.2 Å². The Hall–Kier alpha value is -0.260. The molecule has 0 N–H and O–H groups in total. The van der Waals surface area contributed by atoms with Crippen molar-refractivity contribution in [2.45, 2.75) is 46.0 Å². The zero-order chi connectivity index (χ0) is 9.26. The van der Waals surface area contributed by atoms with Crippen LogP contribution in [0.5, 0.6) is 0 Å². The highest BCUT2D eigenvalue weighted by Crippen LogP contribution is 2.41. The maximum absolute atomic E-state index is 2.51. The monoisotopic (exact) mass is 178 g/mol. The molecule has 0 heterocycles. The van der Waals surface area contributed by atoms with Gasteiger partial charge in [0, 0.05) is 0 Å². The normalized spacial score (nSPS) is 45.4. The quantitative estimate of drug-likeness (QED) is 0.491. The number of fused-ring (bicyclic) bond motifs is 1. The lowest BCUT2D eigenvalue weighted by Gasteiger charge is -2.34. The zero-order valence-electron chi connectivity index (χ0n) is 9.00. The molecule has 2 aliphatic carbocycles. The smallest absolute Gasteiger partial charge is 0.0205 e. The van der Waals surface area contributed by atoms with Gasteiger partial charge in [0.1, 0.15) is 0 Å². The topological polar surface area (TPSA) is 0 Å². The van der Waals surface area contributed by atoms with E-state index in [2.05, 4.69) is 26.0 Å². The van der Waals surface area contributed by atoms with Crippen molar-refractivity contribution in [2.24, 2.45) is 23.7 Å². The second-order valence-corrected chi connectivity index (χ2v) is 5.28. The molecule has 2 aliphatic rings. The Balaban J connectivity index is 1.99. The van der Waals surface area contributed by atoms with Gasteiger partial charge in [0.05, 0.1) is 0 Å². The van der Waals surface area contributed by atoms with E-state index >= 15 is 0 Å².